The first-order valence-electron chi connectivity index (χ1n) is 9.98. The molecule has 1 aromatic heterocycles. The molecule has 0 radical (unpaired) electrons. The monoisotopic (exact) mass is 408 g/mol. The van der Waals surface area contributed by atoms with Gasteiger partial charge in [0.25, 0.3) is 5.91 Å². The number of hydrogen-bond acceptors (Lipinski definition) is 6. The van der Waals surface area contributed by atoms with Gasteiger partial charge < -0.3 is 19.7 Å². The molecule has 0 aliphatic carbocycles. The Morgan fingerprint density at radius 3 is 2.53 bits per heavy atom. The average Bonchev–Trinajstić information content (AvgIpc) is 3.22. The van der Waals surface area contributed by atoms with Crippen LogP contribution in [0.5, 0.6) is 0 Å². The molecule has 0 saturated carbocycles. The van der Waals surface area contributed by atoms with E-state index in [0.29, 0.717) is 49.7 Å². The molecule has 0 spiro atoms. The van der Waals surface area contributed by atoms with Crippen LogP contribution < -0.4 is 0 Å². The molecule has 1 fully saturated rings. The van der Waals surface area contributed by atoms with Gasteiger partial charge in [-0.25, -0.2) is 9.78 Å². The summed E-state index contributed by atoms with van der Waals surface area (Å²) in [6.45, 7) is 2.95. The molecule has 1 saturated heterocycles. The number of nitrogens with one attached hydrogen (secondary N) is 1. The third-order valence-corrected chi connectivity index (χ3v) is 5.26. The Balaban J connectivity index is 1.41. The summed E-state index contributed by atoms with van der Waals surface area (Å²) in [6, 6.07) is 14.7. The number of amides is 1. The van der Waals surface area contributed by atoms with Gasteiger partial charge in [0, 0.05) is 38.3 Å². The van der Waals surface area contributed by atoms with Gasteiger partial charge in [0.1, 0.15) is 5.82 Å². The molecular weight excluding hydrogens is 384 g/mol. The van der Waals surface area contributed by atoms with Gasteiger partial charge in [0.05, 0.1) is 23.2 Å². The maximum Gasteiger partial charge on any atom is 0.339 e. The van der Waals surface area contributed by atoms with Crippen LogP contribution >= 0.6 is 0 Å². The van der Waals surface area contributed by atoms with Crippen LogP contribution in [-0.2, 0) is 9.53 Å². The van der Waals surface area contributed by atoms with Gasteiger partial charge in [-0.1, -0.05) is 30.3 Å². The molecule has 4 rings (SSSR count). The summed E-state index contributed by atoms with van der Waals surface area (Å²) in [5.74, 6) is -0.193. The lowest BCUT2D eigenvalue weighted by molar-refractivity contribution is -0.136. The zero-order valence-electron chi connectivity index (χ0n) is 16.6. The highest BCUT2D eigenvalue weighted by Gasteiger charge is 2.23. The molecule has 1 aliphatic rings. The molecular formula is C22H24N4O4. The van der Waals surface area contributed by atoms with E-state index in [1.807, 2.05) is 30.3 Å². The van der Waals surface area contributed by atoms with Crippen molar-refractivity contribution in [1.29, 1.82) is 0 Å². The van der Waals surface area contributed by atoms with Crippen molar-refractivity contribution in [3.8, 4) is 11.4 Å². The number of imidazole rings is 1. The van der Waals surface area contributed by atoms with Crippen LogP contribution in [0, 0.1) is 0 Å². The number of nitrogens with zero attached hydrogens (tertiary/aromatic N) is 3. The number of para-hydroxylation sites is 2. The van der Waals surface area contributed by atoms with Crippen molar-refractivity contribution in [2.75, 3.05) is 45.9 Å². The zero-order valence-corrected chi connectivity index (χ0v) is 16.6. The topological polar surface area (TPSA) is 98.8 Å². The van der Waals surface area contributed by atoms with Crippen molar-refractivity contribution in [2.45, 2.75) is 0 Å². The number of hydrogen-bond donors (Lipinski definition) is 2. The number of H-pyrrole nitrogens is 1. The third kappa shape index (κ3) is 4.34. The highest BCUT2D eigenvalue weighted by Crippen LogP contribution is 2.24. The van der Waals surface area contributed by atoms with E-state index in [9.17, 15) is 9.59 Å². The van der Waals surface area contributed by atoms with E-state index in [2.05, 4.69) is 14.9 Å². The van der Waals surface area contributed by atoms with E-state index in [1.165, 1.54) is 0 Å². The van der Waals surface area contributed by atoms with Crippen LogP contribution in [0.4, 0.5) is 0 Å². The minimum atomic E-state index is -0.557. The van der Waals surface area contributed by atoms with E-state index < -0.39 is 5.97 Å². The van der Waals surface area contributed by atoms with E-state index in [0.717, 1.165) is 11.0 Å². The quantitative estimate of drug-likeness (QED) is 0.600. The predicted molar refractivity (Wildman–Crippen MR) is 112 cm³/mol. The number of rotatable bonds is 6. The molecule has 1 amide bonds. The Hall–Kier alpha value is -3.23. The number of fused-ring (bicyclic) bond motifs is 1. The van der Waals surface area contributed by atoms with Gasteiger partial charge in [-0.2, -0.15) is 0 Å². The van der Waals surface area contributed by atoms with Gasteiger partial charge in [-0.15, -0.1) is 0 Å². The number of carbonyl (C=O) groups is 2. The maximum absolute atomic E-state index is 12.7. The molecule has 156 valence electrons. The SMILES string of the molecule is O=C(OCC(=O)N1CCN(CCO)CC1)c1ccccc1-c1nc2ccccc2[nH]1. The number of β-amino-alcohol motifs (C(OH)–C–C–N with tert-alkyl or cyclic N) is 1. The molecule has 0 unspecified atom stereocenters. The van der Waals surface area contributed by atoms with Gasteiger partial charge >= 0.3 is 5.97 Å². The molecule has 3 aromatic rings. The highest BCUT2D eigenvalue weighted by molar-refractivity contribution is 5.98. The largest absolute Gasteiger partial charge is 0.452 e. The van der Waals surface area contributed by atoms with Crippen LogP contribution in [0.25, 0.3) is 22.4 Å². The van der Waals surface area contributed by atoms with Crippen molar-refractivity contribution in [3.05, 3.63) is 54.1 Å². The number of aliphatic hydroxyl groups is 1. The number of aliphatic hydroxyl groups excluding tert-OH is 1. The molecule has 0 bridgehead atoms. The second kappa shape index (κ2) is 9.06. The fourth-order valence-electron chi connectivity index (χ4n) is 3.61. The van der Waals surface area contributed by atoms with Crippen molar-refractivity contribution in [2.24, 2.45) is 0 Å². The molecule has 2 heterocycles. The third-order valence-electron chi connectivity index (χ3n) is 5.26. The summed E-state index contributed by atoms with van der Waals surface area (Å²) in [6.07, 6.45) is 0. The molecule has 2 N–H and O–H groups in total. The Kier molecular flexibility index (Phi) is 6.06. The second-order valence-electron chi connectivity index (χ2n) is 7.17. The van der Waals surface area contributed by atoms with Crippen LogP contribution in [0.3, 0.4) is 0 Å². The Labute approximate surface area is 174 Å². The predicted octanol–water partition coefficient (Wildman–Crippen LogP) is 1.52. The van der Waals surface area contributed by atoms with E-state index in [4.69, 9.17) is 9.84 Å². The number of esters is 1. The maximum atomic E-state index is 12.7. The van der Waals surface area contributed by atoms with Gasteiger partial charge in [-0.3, -0.25) is 9.69 Å². The van der Waals surface area contributed by atoms with Crippen molar-refractivity contribution >= 4 is 22.9 Å². The van der Waals surface area contributed by atoms with Crippen LogP contribution in [0.1, 0.15) is 10.4 Å². The zero-order chi connectivity index (χ0) is 20.9. The van der Waals surface area contributed by atoms with Crippen molar-refractivity contribution in [3.63, 3.8) is 0 Å². The molecule has 2 aromatic carbocycles. The summed E-state index contributed by atoms with van der Waals surface area (Å²) in [5, 5.41) is 9.01. The van der Waals surface area contributed by atoms with E-state index in [-0.39, 0.29) is 19.1 Å². The van der Waals surface area contributed by atoms with Crippen molar-refractivity contribution < 1.29 is 19.4 Å². The fraction of sp³-hybridized carbons (Fsp3) is 0.318. The smallest absolute Gasteiger partial charge is 0.339 e. The summed E-state index contributed by atoms with van der Waals surface area (Å²) in [4.78, 5) is 36.7. The number of benzene rings is 2. The number of ether oxygens (including phenoxy) is 1. The second-order valence-corrected chi connectivity index (χ2v) is 7.17. The summed E-state index contributed by atoms with van der Waals surface area (Å²) >= 11 is 0. The van der Waals surface area contributed by atoms with Gasteiger partial charge in [-0.05, 0) is 18.2 Å². The number of carbonyl (C=O) groups excluding carboxylic acids is 2. The lowest BCUT2D eigenvalue weighted by atomic mass is 10.1. The standard InChI is InChI=1S/C22H24N4O4/c27-14-13-25-9-11-26(12-10-25)20(28)15-30-22(29)17-6-2-1-5-16(17)21-23-18-7-3-4-8-19(18)24-21/h1-8,27H,9-15H2,(H,23,24). The summed E-state index contributed by atoms with van der Waals surface area (Å²) < 4.78 is 5.33. The van der Waals surface area contributed by atoms with Gasteiger partial charge in [0.15, 0.2) is 6.61 Å². The molecule has 8 nitrogen and oxygen atoms in total. The first kappa shape index (κ1) is 20.1. The normalized spacial score (nSPS) is 14.8. The average molecular weight is 408 g/mol. The minimum absolute atomic E-state index is 0.107. The Bertz CT molecular complexity index is 1010. The first-order valence-corrected chi connectivity index (χ1v) is 9.98. The lowest BCUT2D eigenvalue weighted by Gasteiger charge is -2.34. The summed E-state index contributed by atoms with van der Waals surface area (Å²) in [7, 11) is 0. The van der Waals surface area contributed by atoms with Crippen molar-refractivity contribution in [1.82, 2.24) is 19.8 Å². The van der Waals surface area contributed by atoms with Crippen LogP contribution in [-0.4, -0.2) is 82.7 Å². The van der Waals surface area contributed by atoms with E-state index >= 15 is 0 Å². The molecule has 0 atom stereocenters. The Morgan fingerprint density at radius 1 is 1.03 bits per heavy atom. The van der Waals surface area contributed by atoms with Crippen LogP contribution in [0.2, 0.25) is 0 Å². The number of aromatic nitrogens is 2. The molecule has 1 aliphatic heterocycles. The molecule has 8 heteroatoms. The minimum Gasteiger partial charge on any atom is -0.452 e. The Morgan fingerprint density at radius 2 is 1.77 bits per heavy atom. The lowest BCUT2D eigenvalue weighted by Crippen LogP contribution is -2.50. The number of piperazine rings is 1. The van der Waals surface area contributed by atoms with Gasteiger partial charge in [0.2, 0.25) is 0 Å². The number of aromatic amines is 1. The van der Waals surface area contributed by atoms with E-state index in [1.54, 1.807) is 23.1 Å². The van der Waals surface area contributed by atoms with Crippen LogP contribution in [0.15, 0.2) is 48.5 Å². The summed E-state index contributed by atoms with van der Waals surface area (Å²) in [5.41, 5.74) is 2.68. The fourth-order valence-corrected chi connectivity index (χ4v) is 3.61. The molecule has 30 heavy (non-hydrogen) atoms. The highest BCUT2D eigenvalue weighted by atomic mass is 16.5. The first-order chi connectivity index (χ1) is 14.7.